The second-order valence-corrected chi connectivity index (χ2v) is 5.71. The van der Waals surface area contributed by atoms with Gasteiger partial charge in [-0.1, -0.05) is 0 Å². The van der Waals surface area contributed by atoms with Crippen molar-refractivity contribution < 1.29 is 40.3 Å². The van der Waals surface area contributed by atoms with Crippen LogP contribution in [0.1, 0.15) is 34.6 Å². The zero-order valence-electron chi connectivity index (χ0n) is 14.2. The molecular formula is C17H13F7N2O2. The van der Waals surface area contributed by atoms with Gasteiger partial charge < -0.3 is 10.1 Å². The van der Waals surface area contributed by atoms with Gasteiger partial charge in [-0.05, 0) is 37.3 Å². The molecule has 0 spiro atoms. The van der Waals surface area contributed by atoms with Crippen molar-refractivity contribution in [1.82, 2.24) is 10.3 Å². The first-order valence-corrected chi connectivity index (χ1v) is 7.70. The predicted octanol–water partition coefficient (Wildman–Crippen LogP) is 4.67. The van der Waals surface area contributed by atoms with Crippen LogP contribution in [0, 0.1) is 5.82 Å². The van der Waals surface area contributed by atoms with Crippen LogP contribution in [0.5, 0.6) is 5.75 Å². The first-order chi connectivity index (χ1) is 12.9. The molecule has 1 heterocycles. The number of hydrogen-bond donors (Lipinski definition) is 1. The van der Waals surface area contributed by atoms with Gasteiger partial charge in [0.2, 0.25) is 0 Å². The summed E-state index contributed by atoms with van der Waals surface area (Å²) in [4.78, 5) is 15.9. The molecule has 1 N–H and O–H groups in total. The number of amides is 1. The first kappa shape index (κ1) is 21.5. The van der Waals surface area contributed by atoms with E-state index in [1.165, 1.54) is 19.1 Å². The summed E-state index contributed by atoms with van der Waals surface area (Å²) >= 11 is 0. The second-order valence-electron chi connectivity index (χ2n) is 5.71. The van der Waals surface area contributed by atoms with Crippen molar-refractivity contribution in [2.75, 3.05) is 6.61 Å². The fraction of sp³-hybridized carbons (Fsp3) is 0.294. The van der Waals surface area contributed by atoms with Crippen molar-refractivity contribution in [1.29, 1.82) is 0 Å². The van der Waals surface area contributed by atoms with Gasteiger partial charge in [0.25, 0.3) is 5.91 Å². The molecule has 0 fully saturated rings. The van der Waals surface area contributed by atoms with E-state index in [9.17, 15) is 35.5 Å². The molecule has 2 aromatic rings. The Bertz CT molecular complexity index is 833. The number of carbonyl (C=O) groups is 1. The summed E-state index contributed by atoms with van der Waals surface area (Å²) in [6.07, 6.45) is -8.36. The van der Waals surface area contributed by atoms with E-state index < -0.39 is 42.3 Å². The Labute approximate surface area is 154 Å². The highest BCUT2D eigenvalue weighted by Gasteiger charge is 2.34. The SMILES string of the molecule is CC(NC(=O)c1ccc(C(F)(F)F)c(F)c1)c1ccc(OCC(F)(F)F)cn1. The normalized spacial score (nSPS) is 13.1. The average molecular weight is 410 g/mol. The molecule has 152 valence electrons. The third-order valence-corrected chi connectivity index (χ3v) is 3.49. The van der Waals surface area contributed by atoms with E-state index in [0.29, 0.717) is 12.1 Å². The standard InChI is InChI=1S/C17H13F7N2O2/c1-9(14-5-3-11(7-25-14)28-8-16(19,20)21)26-15(27)10-2-4-12(13(18)6-10)17(22,23)24/h2-7,9H,8H2,1H3,(H,26,27). The summed E-state index contributed by atoms with van der Waals surface area (Å²) in [6.45, 7) is -0.00325. The number of aromatic nitrogens is 1. The van der Waals surface area contributed by atoms with Gasteiger partial charge in [0.1, 0.15) is 11.6 Å². The summed E-state index contributed by atoms with van der Waals surface area (Å²) in [7, 11) is 0. The Hall–Kier alpha value is -2.85. The number of carbonyl (C=O) groups excluding carboxylic acids is 1. The molecule has 0 saturated heterocycles. The highest BCUT2D eigenvalue weighted by molar-refractivity contribution is 5.94. The predicted molar refractivity (Wildman–Crippen MR) is 83.1 cm³/mol. The van der Waals surface area contributed by atoms with Gasteiger partial charge in [0.15, 0.2) is 6.61 Å². The quantitative estimate of drug-likeness (QED) is 0.729. The lowest BCUT2D eigenvalue weighted by Crippen LogP contribution is -2.27. The van der Waals surface area contributed by atoms with E-state index in [-0.39, 0.29) is 17.0 Å². The third-order valence-electron chi connectivity index (χ3n) is 3.49. The summed E-state index contributed by atoms with van der Waals surface area (Å²) in [6, 6.07) is 3.52. The van der Waals surface area contributed by atoms with E-state index in [2.05, 4.69) is 15.0 Å². The van der Waals surface area contributed by atoms with Gasteiger partial charge in [-0.25, -0.2) is 4.39 Å². The van der Waals surface area contributed by atoms with Crippen molar-refractivity contribution in [2.45, 2.75) is 25.3 Å². The monoisotopic (exact) mass is 410 g/mol. The molecule has 0 bridgehead atoms. The van der Waals surface area contributed by atoms with E-state index in [1.54, 1.807) is 0 Å². The fourth-order valence-electron chi connectivity index (χ4n) is 2.14. The maximum Gasteiger partial charge on any atom is 0.422 e. The van der Waals surface area contributed by atoms with Gasteiger partial charge in [-0.2, -0.15) is 26.3 Å². The number of hydrogen-bond acceptors (Lipinski definition) is 3. The van der Waals surface area contributed by atoms with Gasteiger partial charge >= 0.3 is 12.4 Å². The molecule has 0 aliphatic rings. The minimum atomic E-state index is -4.88. The molecule has 1 aromatic heterocycles. The summed E-state index contributed by atoms with van der Waals surface area (Å²) in [5.41, 5.74) is -1.57. The average Bonchev–Trinajstić information content (AvgIpc) is 2.58. The Kier molecular flexibility index (Phi) is 6.15. The number of halogens is 7. The van der Waals surface area contributed by atoms with Crippen LogP contribution in [0.2, 0.25) is 0 Å². The molecule has 11 heteroatoms. The van der Waals surface area contributed by atoms with E-state index in [4.69, 9.17) is 0 Å². The number of benzene rings is 1. The van der Waals surface area contributed by atoms with Crippen LogP contribution in [0.15, 0.2) is 36.5 Å². The van der Waals surface area contributed by atoms with Crippen molar-refractivity contribution in [3.8, 4) is 5.75 Å². The smallest absolute Gasteiger partial charge is 0.422 e. The zero-order valence-corrected chi connectivity index (χ0v) is 14.2. The van der Waals surface area contributed by atoms with Crippen molar-refractivity contribution in [3.63, 3.8) is 0 Å². The second kappa shape index (κ2) is 8.03. The summed E-state index contributed by atoms with van der Waals surface area (Å²) < 4.78 is 92.0. The van der Waals surface area contributed by atoms with Gasteiger partial charge in [-0.3, -0.25) is 9.78 Å². The molecular weight excluding hydrogens is 397 g/mol. The van der Waals surface area contributed by atoms with Crippen molar-refractivity contribution in [2.24, 2.45) is 0 Å². The van der Waals surface area contributed by atoms with Crippen LogP contribution in [-0.4, -0.2) is 23.7 Å². The van der Waals surface area contributed by atoms with Gasteiger partial charge in [0, 0.05) is 5.56 Å². The summed E-state index contributed by atoms with van der Waals surface area (Å²) in [5.74, 6) is -2.57. The molecule has 0 saturated carbocycles. The number of nitrogens with one attached hydrogen (secondary N) is 1. The van der Waals surface area contributed by atoms with Crippen LogP contribution in [-0.2, 0) is 6.18 Å². The Morgan fingerprint density at radius 2 is 1.82 bits per heavy atom. The lowest BCUT2D eigenvalue weighted by molar-refractivity contribution is -0.153. The molecule has 1 amide bonds. The number of ether oxygens (including phenoxy) is 1. The Morgan fingerprint density at radius 1 is 1.14 bits per heavy atom. The lowest BCUT2D eigenvalue weighted by Gasteiger charge is -2.15. The minimum absolute atomic E-state index is 0.135. The molecule has 4 nitrogen and oxygen atoms in total. The van der Waals surface area contributed by atoms with Crippen molar-refractivity contribution >= 4 is 5.91 Å². The highest BCUT2D eigenvalue weighted by Crippen LogP contribution is 2.31. The number of nitrogens with zero attached hydrogens (tertiary/aromatic N) is 1. The van der Waals surface area contributed by atoms with E-state index in [1.807, 2.05) is 0 Å². The maximum absolute atomic E-state index is 13.6. The fourth-order valence-corrected chi connectivity index (χ4v) is 2.14. The van der Waals surface area contributed by atoms with Crippen LogP contribution in [0.25, 0.3) is 0 Å². The molecule has 1 unspecified atom stereocenters. The van der Waals surface area contributed by atoms with Gasteiger partial charge in [-0.15, -0.1) is 0 Å². The minimum Gasteiger partial charge on any atom is -0.483 e. The first-order valence-electron chi connectivity index (χ1n) is 7.70. The molecule has 0 radical (unpaired) electrons. The van der Waals surface area contributed by atoms with E-state index in [0.717, 1.165) is 12.3 Å². The van der Waals surface area contributed by atoms with Crippen LogP contribution in [0.3, 0.4) is 0 Å². The number of rotatable bonds is 5. The highest BCUT2D eigenvalue weighted by atomic mass is 19.4. The number of alkyl halides is 6. The van der Waals surface area contributed by atoms with Gasteiger partial charge in [0.05, 0.1) is 23.5 Å². The Balaban J connectivity index is 2.03. The molecule has 1 aromatic carbocycles. The summed E-state index contributed by atoms with van der Waals surface area (Å²) in [5, 5.41) is 2.40. The molecule has 0 aliphatic heterocycles. The zero-order chi connectivity index (χ0) is 21.1. The lowest BCUT2D eigenvalue weighted by atomic mass is 10.1. The topological polar surface area (TPSA) is 51.2 Å². The largest absolute Gasteiger partial charge is 0.483 e. The molecule has 2 rings (SSSR count). The molecule has 0 aliphatic carbocycles. The van der Waals surface area contributed by atoms with E-state index >= 15 is 0 Å². The maximum atomic E-state index is 13.6. The Morgan fingerprint density at radius 3 is 2.32 bits per heavy atom. The van der Waals surface area contributed by atoms with Crippen molar-refractivity contribution in [3.05, 3.63) is 59.2 Å². The van der Waals surface area contributed by atoms with Crippen LogP contribution < -0.4 is 10.1 Å². The molecule has 28 heavy (non-hydrogen) atoms. The van der Waals surface area contributed by atoms with Crippen LogP contribution >= 0.6 is 0 Å². The van der Waals surface area contributed by atoms with Crippen LogP contribution in [0.4, 0.5) is 30.7 Å². The molecule has 1 atom stereocenters. The number of pyridine rings is 1. The third kappa shape index (κ3) is 5.83.